The minimum Gasteiger partial charge on any atom is -0.337 e. The van der Waals surface area contributed by atoms with Crippen molar-refractivity contribution in [2.24, 2.45) is 0 Å². The van der Waals surface area contributed by atoms with Crippen molar-refractivity contribution in [2.75, 3.05) is 44.6 Å². The number of amides is 3. The van der Waals surface area contributed by atoms with Crippen molar-refractivity contribution >= 4 is 17.6 Å². The van der Waals surface area contributed by atoms with Crippen LogP contribution in [0.5, 0.6) is 0 Å². The van der Waals surface area contributed by atoms with Gasteiger partial charge in [0.25, 0.3) is 0 Å². The molecule has 1 fully saturated rings. The van der Waals surface area contributed by atoms with Gasteiger partial charge in [-0.05, 0) is 54.5 Å². The number of hydroxylamine groups is 1. The topological polar surface area (TPSA) is 106 Å². The smallest absolute Gasteiger partial charge is 0.319 e. The minimum absolute atomic E-state index is 0.165. The Morgan fingerprint density at radius 3 is 2.36 bits per heavy atom. The zero-order valence-corrected chi connectivity index (χ0v) is 19.1. The lowest BCUT2D eigenvalue weighted by Gasteiger charge is -2.27. The van der Waals surface area contributed by atoms with Crippen LogP contribution in [0, 0.1) is 0 Å². The molecule has 0 saturated carbocycles. The Morgan fingerprint density at radius 1 is 0.939 bits per heavy atom. The molecule has 33 heavy (non-hydrogen) atoms. The maximum Gasteiger partial charge on any atom is 0.319 e. The lowest BCUT2D eigenvalue weighted by atomic mass is 10.0. The van der Waals surface area contributed by atoms with E-state index >= 15 is 0 Å². The van der Waals surface area contributed by atoms with E-state index in [2.05, 4.69) is 26.9 Å². The summed E-state index contributed by atoms with van der Waals surface area (Å²) in [7, 11) is 0. The molecule has 0 atom stereocenters. The van der Waals surface area contributed by atoms with Gasteiger partial charge in [0.15, 0.2) is 0 Å². The van der Waals surface area contributed by atoms with E-state index in [1.165, 1.54) is 11.1 Å². The van der Waals surface area contributed by atoms with Crippen LogP contribution in [0.15, 0.2) is 48.5 Å². The van der Waals surface area contributed by atoms with E-state index < -0.39 is 5.91 Å². The molecular formula is C25H35N5O3. The lowest BCUT2D eigenvalue weighted by molar-refractivity contribution is -0.128. The minimum atomic E-state index is -0.410. The summed E-state index contributed by atoms with van der Waals surface area (Å²) in [5.74, 6) is -0.410. The first-order valence-corrected chi connectivity index (χ1v) is 11.7. The first kappa shape index (κ1) is 24.7. The summed E-state index contributed by atoms with van der Waals surface area (Å²) in [6, 6.07) is 15.8. The molecule has 3 amide bonds. The average Bonchev–Trinajstić information content (AvgIpc) is 2.83. The van der Waals surface area contributed by atoms with Gasteiger partial charge in [-0.15, -0.1) is 0 Å². The molecule has 0 aliphatic carbocycles. The Kier molecular flexibility index (Phi) is 10.2. The first-order chi connectivity index (χ1) is 16.1. The number of carbonyl (C=O) groups excluding carboxylic acids is 2. The summed E-state index contributed by atoms with van der Waals surface area (Å²) in [5, 5.41) is 17.8. The Labute approximate surface area is 195 Å². The van der Waals surface area contributed by atoms with Crippen molar-refractivity contribution in [3.63, 3.8) is 0 Å². The van der Waals surface area contributed by atoms with Crippen LogP contribution in [0.2, 0.25) is 0 Å². The van der Waals surface area contributed by atoms with Crippen molar-refractivity contribution < 1.29 is 14.8 Å². The number of urea groups is 1. The number of piperazine rings is 1. The van der Waals surface area contributed by atoms with Crippen molar-refractivity contribution in [1.82, 2.24) is 21.0 Å². The molecule has 8 heteroatoms. The normalized spacial score (nSPS) is 14.0. The van der Waals surface area contributed by atoms with Crippen LogP contribution in [-0.2, 0) is 24.1 Å². The molecule has 1 saturated heterocycles. The fourth-order valence-electron chi connectivity index (χ4n) is 3.95. The van der Waals surface area contributed by atoms with Gasteiger partial charge in [0.05, 0.1) is 6.42 Å². The van der Waals surface area contributed by atoms with E-state index in [-0.39, 0.29) is 12.5 Å². The molecule has 1 aliphatic rings. The van der Waals surface area contributed by atoms with Gasteiger partial charge in [-0.2, -0.15) is 0 Å². The first-order valence-electron chi connectivity index (χ1n) is 11.7. The number of hydrogen-bond acceptors (Lipinski definition) is 5. The van der Waals surface area contributed by atoms with Crippen LogP contribution < -0.4 is 21.4 Å². The molecule has 0 bridgehead atoms. The molecule has 0 aromatic heterocycles. The summed E-state index contributed by atoms with van der Waals surface area (Å²) >= 11 is 0. The van der Waals surface area contributed by atoms with Crippen LogP contribution in [-0.4, -0.2) is 61.3 Å². The van der Waals surface area contributed by atoms with Crippen molar-refractivity contribution in [3.05, 3.63) is 65.2 Å². The van der Waals surface area contributed by atoms with E-state index in [1.54, 1.807) is 5.48 Å². The highest BCUT2D eigenvalue weighted by Crippen LogP contribution is 2.15. The Balaban J connectivity index is 1.33. The van der Waals surface area contributed by atoms with Gasteiger partial charge in [0.2, 0.25) is 5.91 Å². The molecule has 0 spiro atoms. The van der Waals surface area contributed by atoms with Crippen molar-refractivity contribution in [2.45, 2.75) is 32.1 Å². The van der Waals surface area contributed by atoms with Gasteiger partial charge in [0, 0.05) is 45.0 Å². The molecule has 5 N–H and O–H groups in total. The predicted molar refractivity (Wildman–Crippen MR) is 129 cm³/mol. The number of nitrogens with zero attached hydrogens (tertiary/aromatic N) is 1. The maximum absolute atomic E-state index is 12.2. The second-order valence-electron chi connectivity index (χ2n) is 8.41. The fourth-order valence-corrected chi connectivity index (χ4v) is 3.95. The predicted octanol–water partition coefficient (Wildman–Crippen LogP) is 2.33. The van der Waals surface area contributed by atoms with Crippen LogP contribution in [0.25, 0.3) is 0 Å². The summed E-state index contributed by atoms with van der Waals surface area (Å²) in [4.78, 5) is 25.8. The number of aryl methyl sites for hydroxylation is 2. The Bertz CT molecular complexity index is 882. The monoisotopic (exact) mass is 453 g/mol. The molecule has 0 unspecified atom stereocenters. The number of carbonyl (C=O) groups is 2. The number of benzene rings is 2. The third kappa shape index (κ3) is 9.21. The van der Waals surface area contributed by atoms with Crippen LogP contribution in [0.3, 0.4) is 0 Å². The summed E-state index contributed by atoms with van der Waals surface area (Å²) in [5.41, 5.74) is 5.78. The SMILES string of the molecule is O=C(Cc1ccc(CCCCc2cccc(NC(=O)NCCN3CCNCC3)c2)cc1)NO. The second-order valence-corrected chi connectivity index (χ2v) is 8.41. The molecule has 178 valence electrons. The number of nitrogens with one attached hydrogen (secondary N) is 4. The van der Waals surface area contributed by atoms with E-state index in [0.29, 0.717) is 6.54 Å². The van der Waals surface area contributed by atoms with Crippen LogP contribution in [0.4, 0.5) is 10.5 Å². The van der Waals surface area contributed by atoms with E-state index in [9.17, 15) is 9.59 Å². The molecular weight excluding hydrogens is 418 g/mol. The van der Waals surface area contributed by atoms with E-state index in [0.717, 1.165) is 69.7 Å². The Morgan fingerprint density at radius 2 is 1.64 bits per heavy atom. The van der Waals surface area contributed by atoms with Crippen molar-refractivity contribution in [1.29, 1.82) is 0 Å². The zero-order chi connectivity index (χ0) is 23.3. The number of anilines is 1. The highest BCUT2D eigenvalue weighted by atomic mass is 16.5. The molecule has 8 nitrogen and oxygen atoms in total. The standard InChI is InChI=1S/C25H35N5O3/c31-24(29-33)19-22-10-8-20(9-11-22)4-1-2-5-21-6-3-7-23(18-21)28-25(32)27-14-17-30-15-12-26-13-16-30/h3,6-11,18,26,33H,1-2,4-5,12-17,19H2,(H,29,31)(H2,27,28,32). The second kappa shape index (κ2) is 13.6. The van der Waals surface area contributed by atoms with Crippen LogP contribution in [0.1, 0.15) is 29.5 Å². The van der Waals surface area contributed by atoms with Gasteiger partial charge in [0.1, 0.15) is 0 Å². The van der Waals surface area contributed by atoms with Gasteiger partial charge >= 0.3 is 6.03 Å². The van der Waals surface area contributed by atoms with Gasteiger partial charge in [-0.1, -0.05) is 36.4 Å². The quantitative estimate of drug-likeness (QED) is 0.204. The molecule has 1 aliphatic heterocycles. The maximum atomic E-state index is 12.2. The highest BCUT2D eigenvalue weighted by molar-refractivity contribution is 5.89. The van der Waals surface area contributed by atoms with Gasteiger partial charge < -0.3 is 16.0 Å². The summed E-state index contributed by atoms with van der Waals surface area (Å²) < 4.78 is 0. The summed E-state index contributed by atoms with van der Waals surface area (Å²) in [6.07, 6.45) is 4.21. The van der Waals surface area contributed by atoms with Crippen LogP contribution >= 0.6 is 0 Å². The van der Waals surface area contributed by atoms with Gasteiger partial charge in [-0.25, -0.2) is 10.3 Å². The average molecular weight is 454 g/mol. The number of hydrogen-bond donors (Lipinski definition) is 5. The summed E-state index contributed by atoms with van der Waals surface area (Å²) in [6.45, 7) is 5.59. The van der Waals surface area contributed by atoms with E-state index in [4.69, 9.17) is 5.21 Å². The van der Waals surface area contributed by atoms with Gasteiger partial charge in [-0.3, -0.25) is 14.9 Å². The highest BCUT2D eigenvalue weighted by Gasteiger charge is 2.09. The molecule has 0 radical (unpaired) electrons. The molecule has 2 aromatic rings. The number of rotatable bonds is 11. The lowest BCUT2D eigenvalue weighted by Crippen LogP contribution is -2.46. The molecule has 3 rings (SSSR count). The molecule has 2 aromatic carbocycles. The largest absolute Gasteiger partial charge is 0.337 e. The third-order valence-electron chi connectivity index (χ3n) is 5.80. The van der Waals surface area contributed by atoms with E-state index in [1.807, 2.05) is 42.5 Å². The Hall–Kier alpha value is -2.94. The number of unbranched alkanes of at least 4 members (excludes halogenated alkanes) is 1. The third-order valence-corrected chi connectivity index (χ3v) is 5.80. The molecule has 1 heterocycles. The van der Waals surface area contributed by atoms with Crippen molar-refractivity contribution in [3.8, 4) is 0 Å². The fraction of sp³-hybridized carbons (Fsp3) is 0.440. The zero-order valence-electron chi connectivity index (χ0n) is 19.1.